The Morgan fingerprint density at radius 3 is 2.08 bits per heavy atom. The van der Waals surface area contributed by atoms with Crippen molar-refractivity contribution in [2.45, 2.75) is 51.3 Å². The quantitative estimate of drug-likeness (QED) is 0.435. The van der Waals surface area contributed by atoms with E-state index in [0.29, 0.717) is 9.53 Å². The van der Waals surface area contributed by atoms with Crippen molar-refractivity contribution < 1.29 is 4.43 Å². The molecule has 0 aromatic carbocycles. The fourth-order valence-corrected chi connectivity index (χ4v) is 4.21. The van der Waals surface area contributed by atoms with E-state index in [9.17, 15) is 0 Å². The largest absolute Gasteiger partial charge is 0.409 e. The normalized spacial score (nSPS) is 17.5. The van der Waals surface area contributed by atoms with Gasteiger partial charge in [0.25, 0.3) is 0 Å². The molecule has 0 saturated heterocycles. The monoisotopic (exact) mass is 314 g/mol. The number of hydrogen-bond acceptors (Lipinski definition) is 1. The van der Waals surface area contributed by atoms with Crippen LogP contribution in [0.25, 0.3) is 0 Å². The second-order valence-corrected chi connectivity index (χ2v) is 8.86. The zero-order chi connectivity index (χ0) is 10.6. The molecule has 0 aliphatic rings. The summed E-state index contributed by atoms with van der Waals surface area (Å²) in [5.74, 6) is 0.724. The van der Waals surface area contributed by atoms with Crippen LogP contribution in [0.4, 0.5) is 0 Å². The number of rotatable bonds is 4. The first-order valence-corrected chi connectivity index (χ1v) is 9.05. The molecule has 0 N–H and O–H groups in total. The maximum atomic E-state index is 5.84. The highest BCUT2D eigenvalue weighted by atomic mass is 127. The minimum atomic E-state index is -0.849. The molecule has 3 heteroatoms. The Labute approximate surface area is 98.5 Å². The maximum absolute atomic E-state index is 5.84. The molecule has 0 rings (SSSR count). The second-order valence-electron chi connectivity index (χ2n) is 5.10. The van der Waals surface area contributed by atoms with Gasteiger partial charge in [0.05, 0.1) is 4.11 Å². The molecule has 0 bridgehead atoms. The number of alkyl halides is 1. The van der Waals surface area contributed by atoms with Crippen LogP contribution in [0.2, 0.25) is 13.1 Å². The summed E-state index contributed by atoms with van der Waals surface area (Å²) in [5, 5.41) is 0. The van der Waals surface area contributed by atoms with Crippen LogP contribution in [-0.4, -0.2) is 13.2 Å². The van der Waals surface area contributed by atoms with E-state index >= 15 is 0 Å². The molecule has 0 aliphatic heterocycles. The van der Waals surface area contributed by atoms with Crippen molar-refractivity contribution in [3.8, 4) is 0 Å². The first kappa shape index (κ1) is 13.9. The predicted molar refractivity (Wildman–Crippen MR) is 71.0 cm³/mol. The Kier molecular flexibility index (Phi) is 6.10. The molecule has 0 aromatic rings. The van der Waals surface area contributed by atoms with Crippen molar-refractivity contribution in [2.24, 2.45) is 11.3 Å². The van der Waals surface area contributed by atoms with Gasteiger partial charge in [-0.2, -0.15) is 0 Å². The van der Waals surface area contributed by atoms with E-state index in [2.05, 4.69) is 63.4 Å². The van der Waals surface area contributed by atoms with Gasteiger partial charge in [0.1, 0.15) is 0 Å². The van der Waals surface area contributed by atoms with Gasteiger partial charge in [0.2, 0.25) is 0 Å². The molecular weight excluding hydrogens is 291 g/mol. The summed E-state index contributed by atoms with van der Waals surface area (Å²) < 4.78 is 6.26. The fraction of sp³-hybridized carbons (Fsp3) is 1.00. The van der Waals surface area contributed by atoms with Crippen molar-refractivity contribution >= 4 is 31.6 Å². The van der Waals surface area contributed by atoms with Crippen LogP contribution < -0.4 is 0 Å². The van der Waals surface area contributed by atoms with Crippen LogP contribution in [-0.2, 0) is 4.43 Å². The third-order valence-corrected chi connectivity index (χ3v) is 4.67. The van der Waals surface area contributed by atoms with Gasteiger partial charge in [-0.3, -0.25) is 0 Å². The zero-order valence-electron chi connectivity index (χ0n) is 9.73. The van der Waals surface area contributed by atoms with E-state index in [-0.39, 0.29) is 0 Å². The Morgan fingerprint density at radius 1 is 1.31 bits per heavy atom. The maximum Gasteiger partial charge on any atom is 0.172 e. The summed E-state index contributed by atoms with van der Waals surface area (Å²) in [5.41, 5.74) is 0.408. The van der Waals surface area contributed by atoms with Crippen LogP contribution in [0.1, 0.15) is 34.1 Å². The zero-order valence-corrected chi connectivity index (χ0v) is 13.0. The molecule has 0 radical (unpaired) electrons. The summed E-state index contributed by atoms with van der Waals surface area (Å²) in [6, 6.07) is 0. The molecule has 1 nitrogen and oxygen atoms in total. The van der Waals surface area contributed by atoms with E-state index < -0.39 is 9.04 Å². The van der Waals surface area contributed by atoms with Gasteiger partial charge >= 0.3 is 0 Å². The molecule has 0 aromatic heterocycles. The lowest BCUT2D eigenvalue weighted by Gasteiger charge is -2.29. The summed E-state index contributed by atoms with van der Waals surface area (Å²) >= 11 is 2.42. The van der Waals surface area contributed by atoms with Crippen molar-refractivity contribution in [3.05, 3.63) is 0 Å². The van der Waals surface area contributed by atoms with Crippen LogP contribution in [0.15, 0.2) is 0 Å². The Morgan fingerprint density at radius 2 is 1.77 bits per heavy atom. The van der Waals surface area contributed by atoms with Crippen LogP contribution in [0.5, 0.6) is 0 Å². The Hall–Kier alpha value is 0.907. The van der Waals surface area contributed by atoms with E-state index in [1.54, 1.807) is 0 Å². The van der Waals surface area contributed by atoms with Gasteiger partial charge in [0, 0.05) is 0 Å². The van der Waals surface area contributed by atoms with Crippen molar-refractivity contribution in [2.75, 3.05) is 0 Å². The smallest absolute Gasteiger partial charge is 0.172 e. The average Bonchev–Trinajstić information content (AvgIpc) is 1.82. The first-order chi connectivity index (χ1) is 5.73. The summed E-state index contributed by atoms with van der Waals surface area (Å²) in [6.07, 6.45) is 1.18. The van der Waals surface area contributed by atoms with E-state index in [1.165, 1.54) is 6.42 Å². The van der Waals surface area contributed by atoms with E-state index in [4.69, 9.17) is 4.43 Å². The summed E-state index contributed by atoms with van der Waals surface area (Å²) in [7, 11) is -0.849. The van der Waals surface area contributed by atoms with E-state index in [1.807, 2.05) is 0 Å². The van der Waals surface area contributed by atoms with Gasteiger partial charge in [-0.05, 0) is 30.8 Å². The third kappa shape index (κ3) is 6.91. The van der Waals surface area contributed by atoms with Gasteiger partial charge in [-0.15, -0.1) is 0 Å². The molecule has 0 heterocycles. The van der Waals surface area contributed by atoms with Gasteiger partial charge < -0.3 is 4.43 Å². The van der Waals surface area contributed by atoms with Crippen molar-refractivity contribution in [3.63, 3.8) is 0 Å². The topological polar surface area (TPSA) is 9.23 Å². The minimum Gasteiger partial charge on any atom is -0.409 e. The highest BCUT2D eigenvalue weighted by Gasteiger charge is 2.22. The molecule has 80 valence electrons. The molecule has 0 saturated carbocycles. The van der Waals surface area contributed by atoms with Crippen molar-refractivity contribution in [1.29, 1.82) is 0 Å². The lowest BCUT2D eigenvalue weighted by Crippen LogP contribution is -2.24. The van der Waals surface area contributed by atoms with Gasteiger partial charge in [-0.25, -0.2) is 0 Å². The standard InChI is InChI=1S/C10H23IOSi/c1-8(10(2,3)4)7-9(11)12-13(5)6/h8-9,13H,7H2,1-6H3. The Balaban J connectivity index is 3.85. The van der Waals surface area contributed by atoms with Crippen LogP contribution in [0, 0.1) is 11.3 Å². The lowest BCUT2D eigenvalue weighted by atomic mass is 9.80. The summed E-state index contributed by atoms with van der Waals surface area (Å²) in [6.45, 7) is 13.7. The molecule has 0 aliphatic carbocycles. The molecule has 0 amide bonds. The van der Waals surface area contributed by atoms with Crippen molar-refractivity contribution in [1.82, 2.24) is 0 Å². The average molecular weight is 314 g/mol. The minimum absolute atomic E-state index is 0.408. The molecular formula is C10H23IOSi. The van der Waals surface area contributed by atoms with Crippen LogP contribution >= 0.6 is 22.6 Å². The Bertz CT molecular complexity index is 142. The predicted octanol–water partition coefficient (Wildman–Crippen LogP) is 3.82. The highest BCUT2D eigenvalue weighted by Crippen LogP contribution is 2.31. The summed E-state index contributed by atoms with van der Waals surface area (Å²) in [4.78, 5) is 0. The number of halogens is 1. The van der Waals surface area contributed by atoms with Gasteiger partial charge in [0.15, 0.2) is 9.04 Å². The van der Waals surface area contributed by atoms with E-state index in [0.717, 1.165) is 5.92 Å². The molecule has 13 heavy (non-hydrogen) atoms. The third-order valence-electron chi connectivity index (χ3n) is 2.44. The fourth-order valence-electron chi connectivity index (χ4n) is 0.982. The molecule has 0 spiro atoms. The van der Waals surface area contributed by atoms with Crippen LogP contribution in [0.3, 0.4) is 0 Å². The molecule has 2 unspecified atom stereocenters. The first-order valence-electron chi connectivity index (χ1n) is 5.03. The molecule has 2 atom stereocenters. The SMILES string of the molecule is CC(CC(I)O[SiH](C)C)C(C)(C)C. The highest BCUT2D eigenvalue weighted by molar-refractivity contribution is 14.1. The lowest BCUT2D eigenvalue weighted by molar-refractivity contribution is 0.191. The number of hydrogen-bond donors (Lipinski definition) is 0. The second kappa shape index (κ2) is 5.71. The molecule has 0 fully saturated rings. The van der Waals surface area contributed by atoms with Gasteiger partial charge in [-0.1, -0.05) is 50.3 Å².